The van der Waals surface area contributed by atoms with Gasteiger partial charge in [0.15, 0.2) is 5.82 Å². The number of hydrogen-bond donors (Lipinski definition) is 3. The zero-order valence-corrected chi connectivity index (χ0v) is 18.9. The molecule has 0 radical (unpaired) electrons. The van der Waals surface area contributed by atoms with Gasteiger partial charge in [0.2, 0.25) is 0 Å². The van der Waals surface area contributed by atoms with Crippen LogP contribution in [0.5, 0.6) is 5.75 Å². The Kier molecular flexibility index (Phi) is 6.83. The molecule has 9 nitrogen and oxygen atoms in total. The summed E-state index contributed by atoms with van der Waals surface area (Å²) in [4.78, 5) is 13.9. The van der Waals surface area contributed by atoms with Crippen LogP contribution < -0.4 is 15.4 Å². The average Bonchev–Trinajstić information content (AvgIpc) is 3.48. The van der Waals surface area contributed by atoms with E-state index < -0.39 is 0 Å². The van der Waals surface area contributed by atoms with Crippen LogP contribution in [0.25, 0.3) is 11.4 Å². The van der Waals surface area contributed by atoms with Crippen LogP contribution in [-0.2, 0) is 6.54 Å². The second-order valence-corrected chi connectivity index (χ2v) is 8.37. The number of tetrazole rings is 1. The number of carbonyl (C=O) groups is 1. The number of H-pyrrole nitrogens is 1. The number of hydrogen-bond acceptors (Lipinski definition) is 6. The first kappa shape index (κ1) is 22.7. The summed E-state index contributed by atoms with van der Waals surface area (Å²) in [6.45, 7) is 0.551. The Balaban J connectivity index is 1.55. The molecule has 1 heterocycles. The molecule has 10 heteroatoms. The minimum absolute atomic E-state index is 0.00199. The molecule has 3 atom stereocenters. The second-order valence-electron chi connectivity index (χ2n) is 8.37. The minimum atomic E-state index is -0.279. The number of ether oxygens (including phenoxy) is 1. The van der Waals surface area contributed by atoms with E-state index in [4.69, 9.17) is 4.74 Å². The lowest BCUT2D eigenvalue weighted by Crippen LogP contribution is -2.45. The van der Waals surface area contributed by atoms with E-state index in [1.54, 1.807) is 33.3 Å². The third kappa shape index (κ3) is 5.11. The second kappa shape index (κ2) is 9.95. The maximum absolute atomic E-state index is 13.6. The largest absolute Gasteiger partial charge is 0.496 e. The van der Waals surface area contributed by atoms with E-state index in [2.05, 4.69) is 31.3 Å². The number of aromatic amines is 1. The van der Waals surface area contributed by atoms with Crippen molar-refractivity contribution in [2.24, 2.45) is 0 Å². The number of urea groups is 1. The third-order valence-corrected chi connectivity index (χ3v) is 6.08. The van der Waals surface area contributed by atoms with Crippen LogP contribution in [0.1, 0.15) is 29.9 Å². The SMILES string of the molecule is COc1ccc(-c2nnn[nH]2)cc1CNC1CCC(NC(=O)N(C)C)C1c1ccc(F)cc1. The molecule has 2 amide bonds. The molecule has 0 aliphatic heterocycles. The lowest BCUT2D eigenvalue weighted by molar-refractivity contribution is 0.211. The van der Waals surface area contributed by atoms with Crippen LogP contribution in [0.15, 0.2) is 42.5 Å². The van der Waals surface area contributed by atoms with Gasteiger partial charge in [0.05, 0.1) is 7.11 Å². The molecule has 3 aromatic rings. The van der Waals surface area contributed by atoms with E-state index in [-0.39, 0.29) is 29.8 Å². The number of aromatic nitrogens is 4. The first-order valence-electron chi connectivity index (χ1n) is 10.8. The molecule has 1 aliphatic rings. The summed E-state index contributed by atoms with van der Waals surface area (Å²) in [7, 11) is 5.07. The number of rotatable bonds is 7. The van der Waals surface area contributed by atoms with E-state index in [9.17, 15) is 9.18 Å². The van der Waals surface area contributed by atoms with Crippen molar-refractivity contribution in [2.75, 3.05) is 21.2 Å². The van der Waals surface area contributed by atoms with Crippen LogP contribution >= 0.6 is 0 Å². The molecule has 33 heavy (non-hydrogen) atoms. The topological polar surface area (TPSA) is 108 Å². The Hall–Kier alpha value is -3.53. The number of methoxy groups -OCH3 is 1. The fraction of sp³-hybridized carbons (Fsp3) is 0.391. The summed E-state index contributed by atoms with van der Waals surface area (Å²) in [5.74, 6) is 1.06. The van der Waals surface area contributed by atoms with Crippen LogP contribution in [0, 0.1) is 5.82 Å². The van der Waals surface area contributed by atoms with Crippen molar-refractivity contribution >= 4 is 6.03 Å². The van der Waals surface area contributed by atoms with Crippen molar-refractivity contribution in [1.82, 2.24) is 36.2 Å². The van der Waals surface area contributed by atoms with E-state index in [0.29, 0.717) is 12.4 Å². The molecule has 0 bridgehead atoms. The van der Waals surface area contributed by atoms with Crippen LogP contribution in [0.4, 0.5) is 9.18 Å². The predicted molar refractivity (Wildman–Crippen MR) is 121 cm³/mol. The normalized spacial score (nSPS) is 19.9. The van der Waals surface area contributed by atoms with Crippen LogP contribution in [0.2, 0.25) is 0 Å². The van der Waals surface area contributed by atoms with Gasteiger partial charge in [0.1, 0.15) is 11.6 Å². The Labute approximate surface area is 191 Å². The van der Waals surface area contributed by atoms with Gasteiger partial charge in [-0.1, -0.05) is 12.1 Å². The number of nitrogens with one attached hydrogen (secondary N) is 3. The van der Waals surface area contributed by atoms with Crippen molar-refractivity contribution in [2.45, 2.75) is 37.4 Å². The van der Waals surface area contributed by atoms with E-state index >= 15 is 0 Å². The lowest BCUT2D eigenvalue weighted by Gasteiger charge is -2.28. The average molecular weight is 454 g/mol. The summed E-state index contributed by atoms with van der Waals surface area (Å²) in [6.07, 6.45) is 1.69. The predicted octanol–water partition coefficient (Wildman–Crippen LogP) is 2.69. The first-order chi connectivity index (χ1) is 16.0. The van der Waals surface area contributed by atoms with Crippen molar-refractivity contribution in [1.29, 1.82) is 0 Å². The number of carbonyl (C=O) groups excluding carboxylic acids is 1. The maximum Gasteiger partial charge on any atom is 0.317 e. The van der Waals surface area contributed by atoms with Gasteiger partial charge < -0.3 is 20.3 Å². The van der Waals surface area contributed by atoms with E-state index in [1.807, 2.05) is 18.2 Å². The third-order valence-electron chi connectivity index (χ3n) is 6.08. The van der Waals surface area contributed by atoms with Gasteiger partial charge in [-0.3, -0.25) is 0 Å². The molecule has 4 rings (SSSR count). The Morgan fingerprint density at radius 2 is 1.94 bits per heavy atom. The fourth-order valence-electron chi connectivity index (χ4n) is 4.41. The molecular formula is C23H28FN7O2. The van der Waals surface area contributed by atoms with Gasteiger partial charge in [0.25, 0.3) is 0 Å². The molecule has 3 unspecified atom stereocenters. The zero-order valence-electron chi connectivity index (χ0n) is 18.9. The molecule has 0 saturated heterocycles. The smallest absolute Gasteiger partial charge is 0.317 e. The highest BCUT2D eigenvalue weighted by atomic mass is 19.1. The zero-order chi connectivity index (χ0) is 23.4. The lowest BCUT2D eigenvalue weighted by atomic mass is 9.90. The molecule has 1 aromatic heterocycles. The first-order valence-corrected chi connectivity index (χ1v) is 10.8. The summed E-state index contributed by atoms with van der Waals surface area (Å²) in [6, 6.07) is 12.2. The molecule has 0 spiro atoms. The van der Waals surface area contributed by atoms with Crippen molar-refractivity contribution in [3.63, 3.8) is 0 Å². The molecule has 2 aromatic carbocycles. The summed E-state index contributed by atoms with van der Waals surface area (Å²) in [5.41, 5.74) is 2.81. The summed E-state index contributed by atoms with van der Waals surface area (Å²) in [5, 5.41) is 20.8. The molecule has 1 aliphatic carbocycles. The van der Waals surface area contributed by atoms with Crippen molar-refractivity contribution in [3.05, 3.63) is 59.4 Å². The van der Waals surface area contributed by atoms with Crippen LogP contribution in [0.3, 0.4) is 0 Å². The monoisotopic (exact) mass is 453 g/mol. The molecule has 1 fully saturated rings. The quantitative estimate of drug-likeness (QED) is 0.508. The van der Waals surface area contributed by atoms with Gasteiger partial charge in [-0.25, -0.2) is 14.3 Å². The van der Waals surface area contributed by atoms with Crippen molar-refractivity contribution in [3.8, 4) is 17.1 Å². The van der Waals surface area contributed by atoms with Gasteiger partial charge in [-0.15, -0.1) is 5.10 Å². The minimum Gasteiger partial charge on any atom is -0.496 e. The Bertz CT molecular complexity index is 1070. The Morgan fingerprint density at radius 3 is 2.61 bits per heavy atom. The highest BCUT2D eigenvalue weighted by molar-refractivity contribution is 5.74. The van der Waals surface area contributed by atoms with E-state index in [1.165, 1.54) is 17.0 Å². The van der Waals surface area contributed by atoms with Gasteiger partial charge >= 0.3 is 6.03 Å². The Morgan fingerprint density at radius 1 is 1.18 bits per heavy atom. The molecule has 174 valence electrons. The highest BCUT2D eigenvalue weighted by Crippen LogP contribution is 2.36. The fourth-order valence-corrected chi connectivity index (χ4v) is 4.41. The van der Waals surface area contributed by atoms with Gasteiger partial charge in [0, 0.05) is 49.8 Å². The summed E-state index contributed by atoms with van der Waals surface area (Å²) < 4.78 is 19.1. The van der Waals surface area contributed by atoms with Gasteiger partial charge in [-0.05, 0) is 59.2 Å². The van der Waals surface area contributed by atoms with E-state index in [0.717, 1.165) is 35.3 Å². The standard InChI is InChI=1S/C23H28FN7O2/c1-31(2)23(32)26-19-10-9-18(21(19)14-4-7-17(24)8-5-14)25-13-16-12-15(6-11-20(16)33-3)22-27-29-30-28-22/h4-8,11-12,18-19,21,25H,9-10,13H2,1-3H3,(H,26,32)(H,27,28,29,30). The number of amides is 2. The maximum atomic E-state index is 13.6. The van der Waals surface area contributed by atoms with Gasteiger partial charge in [-0.2, -0.15) is 0 Å². The van der Waals surface area contributed by atoms with Crippen LogP contribution in [-0.4, -0.2) is 64.8 Å². The highest BCUT2D eigenvalue weighted by Gasteiger charge is 2.38. The molecule has 1 saturated carbocycles. The number of halogens is 1. The van der Waals surface area contributed by atoms with Crippen molar-refractivity contribution < 1.29 is 13.9 Å². The summed E-state index contributed by atoms with van der Waals surface area (Å²) >= 11 is 0. The molecular weight excluding hydrogens is 425 g/mol. The number of benzene rings is 2. The number of nitrogens with zero attached hydrogens (tertiary/aromatic N) is 4. The molecule has 3 N–H and O–H groups in total.